The first-order valence-electron chi connectivity index (χ1n) is 8.00. The number of carbonyl (C=O) groups excluding carboxylic acids is 1. The molecule has 2 heterocycles. The third-order valence-corrected chi connectivity index (χ3v) is 4.39. The second-order valence-electron chi connectivity index (χ2n) is 5.90. The van der Waals surface area contributed by atoms with E-state index in [1.165, 1.54) is 11.1 Å². The minimum absolute atomic E-state index is 0.104. The van der Waals surface area contributed by atoms with Crippen molar-refractivity contribution >= 4 is 23.1 Å². The summed E-state index contributed by atoms with van der Waals surface area (Å²) in [5, 5.41) is 3.51. The fraction of sp³-hybridized carbons (Fsp3) is 0.263. The molecule has 1 N–H and O–H groups in total. The molecule has 0 atom stereocenters. The number of aryl methyl sites for hydroxylation is 1. The SMILES string of the molecule is Cc1cccnc1C1=CCN(CNC(=O)c2cccc(Cl)c2)CC1. The van der Waals surface area contributed by atoms with Crippen molar-refractivity contribution in [1.82, 2.24) is 15.2 Å². The van der Waals surface area contributed by atoms with Gasteiger partial charge in [0.25, 0.3) is 5.91 Å². The summed E-state index contributed by atoms with van der Waals surface area (Å²) in [6.45, 7) is 4.32. The van der Waals surface area contributed by atoms with Gasteiger partial charge in [0.1, 0.15) is 0 Å². The Kier molecular flexibility index (Phi) is 5.28. The number of nitrogens with zero attached hydrogens (tertiary/aromatic N) is 2. The van der Waals surface area contributed by atoms with Crippen LogP contribution >= 0.6 is 11.6 Å². The molecule has 0 radical (unpaired) electrons. The summed E-state index contributed by atoms with van der Waals surface area (Å²) in [6, 6.07) is 11.0. The van der Waals surface area contributed by atoms with E-state index in [9.17, 15) is 4.79 Å². The van der Waals surface area contributed by atoms with Gasteiger partial charge in [-0.2, -0.15) is 0 Å². The number of rotatable bonds is 4. The molecule has 1 aromatic heterocycles. The van der Waals surface area contributed by atoms with Crippen LogP contribution in [0.15, 0.2) is 48.7 Å². The summed E-state index contributed by atoms with van der Waals surface area (Å²) in [5.74, 6) is -0.104. The molecule has 4 nitrogen and oxygen atoms in total. The molecule has 0 unspecified atom stereocenters. The van der Waals surface area contributed by atoms with E-state index >= 15 is 0 Å². The number of amides is 1. The first-order valence-corrected chi connectivity index (χ1v) is 8.38. The summed E-state index contributed by atoms with van der Waals surface area (Å²) in [5.41, 5.74) is 4.15. The van der Waals surface area contributed by atoms with E-state index in [4.69, 9.17) is 11.6 Å². The summed E-state index contributed by atoms with van der Waals surface area (Å²) in [6.07, 6.45) is 4.97. The standard InChI is InChI=1S/C19H20ClN3O/c1-14-4-3-9-21-18(14)15-7-10-23(11-8-15)13-22-19(24)16-5-2-6-17(20)12-16/h2-7,9,12H,8,10-11,13H2,1H3,(H,22,24). The Hall–Kier alpha value is -2.17. The summed E-state index contributed by atoms with van der Waals surface area (Å²) < 4.78 is 0. The first kappa shape index (κ1) is 16.7. The second-order valence-corrected chi connectivity index (χ2v) is 6.34. The Balaban J connectivity index is 1.56. The average Bonchev–Trinajstić information content (AvgIpc) is 2.61. The molecule has 0 saturated heterocycles. The van der Waals surface area contributed by atoms with Crippen LogP contribution in [0.3, 0.4) is 0 Å². The van der Waals surface area contributed by atoms with Gasteiger partial charge < -0.3 is 5.32 Å². The molecule has 3 rings (SSSR count). The Morgan fingerprint density at radius 1 is 1.33 bits per heavy atom. The van der Waals surface area contributed by atoms with Crippen molar-refractivity contribution in [1.29, 1.82) is 0 Å². The van der Waals surface area contributed by atoms with Gasteiger partial charge in [0.15, 0.2) is 0 Å². The van der Waals surface area contributed by atoms with Gasteiger partial charge in [-0.1, -0.05) is 29.8 Å². The quantitative estimate of drug-likeness (QED) is 0.925. The van der Waals surface area contributed by atoms with Gasteiger partial charge in [0, 0.05) is 29.9 Å². The summed E-state index contributed by atoms with van der Waals surface area (Å²) in [4.78, 5) is 18.8. The number of hydrogen-bond acceptors (Lipinski definition) is 3. The van der Waals surface area contributed by atoms with Crippen LogP contribution in [0, 0.1) is 6.92 Å². The van der Waals surface area contributed by atoms with Crippen LogP contribution in [0.4, 0.5) is 0 Å². The van der Waals surface area contributed by atoms with Crippen LogP contribution in [-0.2, 0) is 0 Å². The van der Waals surface area contributed by atoms with Gasteiger partial charge in [0.05, 0.1) is 12.4 Å². The van der Waals surface area contributed by atoms with E-state index in [1.54, 1.807) is 24.3 Å². The number of pyridine rings is 1. The molecule has 0 saturated carbocycles. The van der Waals surface area contributed by atoms with Gasteiger partial charge in [-0.25, -0.2) is 0 Å². The maximum atomic E-state index is 12.1. The van der Waals surface area contributed by atoms with Crippen molar-refractivity contribution in [2.75, 3.05) is 19.8 Å². The molecular weight excluding hydrogens is 322 g/mol. The molecule has 1 amide bonds. The van der Waals surface area contributed by atoms with E-state index < -0.39 is 0 Å². The van der Waals surface area contributed by atoms with Gasteiger partial charge in [-0.15, -0.1) is 0 Å². The van der Waals surface area contributed by atoms with Crippen molar-refractivity contribution in [3.63, 3.8) is 0 Å². The molecule has 124 valence electrons. The molecule has 0 fully saturated rings. The maximum absolute atomic E-state index is 12.1. The molecule has 0 spiro atoms. The van der Waals surface area contributed by atoms with Crippen LogP contribution in [-0.4, -0.2) is 35.5 Å². The monoisotopic (exact) mass is 341 g/mol. The average molecular weight is 342 g/mol. The Labute approximate surface area is 147 Å². The van der Waals surface area contributed by atoms with Crippen LogP contribution in [0.25, 0.3) is 5.57 Å². The van der Waals surface area contributed by atoms with Crippen molar-refractivity contribution < 1.29 is 4.79 Å². The number of carbonyl (C=O) groups is 1. The van der Waals surface area contributed by atoms with Crippen molar-refractivity contribution in [2.45, 2.75) is 13.3 Å². The number of nitrogens with one attached hydrogen (secondary N) is 1. The molecule has 24 heavy (non-hydrogen) atoms. The van der Waals surface area contributed by atoms with Gasteiger partial charge >= 0.3 is 0 Å². The molecule has 0 aliphatic carbocycles. The third-order valence-electron chi connectivity index (χ3n) is 4.16. The molecule has 5 heteroatoms. The summed E-state index contributed by atoms with van der Waals surface area (Å²) in [7, 11) is 0. The fourth-order valence-corrected chi connectivity index (χ4v) is 3.00. The topological polar surface area (TPSA) is 45.2 Å². The van der Waals surface area contributed by atoms with Crippen molar-refractivity contribution in [3.8, 4) is 0 Å². The predicted octanol–water partition coefficient (Wildman–Crippen LogP) is 3.52. The Morgan fingerprint density at radius 2 is 2.21 bits per heavy atom. The minimum atomic E-state index is -0.104. The Bertz CT molecular complexity index is 773. The minimum Gasteiger partial charge on any atom is -0.339 e. The zero-order valence-corrected chi connectivity index (χ0v) is 14.4. The zero-order valence-electron chi connectivity index (χ0n) is 13.6. The highest BCUT2D eigenvalue weighted by molar-refractivity contribution is 6.30. The van der Waals surface area contributed by atoms with E-state index in [0.29, 0.717) is 17.3 Å². The van der Waals surface area contributed by atoms with E-state index in [0.717, 1.165) is 25.2 Å². The summed E-state index contributed by atoms with van der Waals surface area (Å²) >= 11 is 5.92. The highest BCUT2D eigenvalue weighted by atomic mass is 35.5. The second kappa shape index (κ2) is 7.60. The molecule has 2 aromatic rings. The lowest BCUT2D eigenvalue weighted by molar-refractivity contribution is 0.0926. The number of hydrogen-bond donors (Lipinski definition) is 1. The molecule has 1 aliphatic heterocycles. The number of halogens is 1. The van der Waals surface area contributed by atoms with Crippen LogP contribution < -0.4 is 5.32 Å². The molecular formula is C19H20ClN3O. The van der Waals surface area contributed by atoms with Crippen LogP contribution in [0.5, 0.6) is 0 Å². The lowest BCUT2D eigenvalue weighted by Crippen LogP contribution is -2.39. The van der Waals surface area contributed by atoms with E-state index in [1.807, 2.05) is 12.3 Å². The maximum Gasteiger partial charge on any atom is 0.252 e. The highest BCUT2D eigenvalue weighted by Gasteiger charge is 2.15. The first-order chi connectivity index (χ1) is 11.6. The zero-order chi connectivity index (χ0) is 16.9. The van der Waals surface area contributed by atoms with Crippen molar-refractivity contribution in [2.24, 2.45) is 0 Å². The van der Waals surface area contributed by atoms with Gasteiger partial charge in [-0.3, -0.25) is 14.7 Å². The largest absolute Gasteiger partial charge is 0.339 e. The number of aromatic nitrogens is 1. The van der Waals surface area contributed by atoms with Crippen molar-refractivity contribution in [3.05, 3.63) is 70.5 Å². The Morgan fingerprint density at radius 3 is 2.92 bits per heavy atom. The van der Waals surface area contributed by atoms with Gasteiger partial charge in [0.2, 0.25) is 0 Å². The molecule has 1 aliphatic rings. The third kappa shape index (κ3) is 4.02. The van der Waals surface area contributed by atoms with Crippen LogP contribution in [0.1, 0.15) is 28.0 Å². The van der Waals surface area contributed by atoms with Gasteiger partial charge in [-0.05, 0) is 48.7 Å². The number of benzene rings is 1. The van der Waals surface area contributed by atoms with E-state index in [2.05, 4.69) is 34.3 Å². The lowest BCUT2D eigenvalue weighted by Gasteiger charge is -2.26. The lowest BCUT2D eigenvalue weighted by atomic mass is 10.0. The molecule has 0 bridgehead atoms. The van der Waals surface area contributed by atoms with E-state index in [-0.39, 0.29) is 5.91 Å². The predicted molar refractivity (Wildman–Crippen MR) is 96.9 cm³/mol. The fourth-order valence-electron chi connectivity index (χ4n) is 2.81. The normalized spacial score (nSPS) is 15.0. The smallest absolute Gasteiger partial charge is 0.252 e. The highest BCUT2D eigenvalue weighted by Crippen LogP contribution is 2.22. The molecule has 1 aromatic carbocycles. The van der Waals surface area contributed by atoms with Crippen LogP contribution in [0.2, 0.25) is 5.02 Å².